The molecule has 2 nitrogen and oxygen atoms in total. The van der Waals surface area contributed by atoms with Crippen molar-refractivity contribution >= 4 is 0 Å². The molecule has 0 spiro atoms. The van der Waals surface area contributed by atoms with Gasteiger partial charge in [0, 0.05) is 5.57 Å². The van der Waals surface area contributed by atoms with E-state index in [9.17, 15) is 0 Å². The van der Waals surface area contributed by atoms with Crippen molar-refractivity contribution in [3.8, 4) is 12.1 Å². The molecule has 0 aromatic carbocycles. The summed E-state index contributed by atoms with van der Waals surface area (Å²) in [6, 6.07) is 3.99. The number of nitriles is 2. The highest BCUT2D eigenvalue weighted by Gasteiger charge is 2.22. The second-order valence-electron chi connectivity index (χ2n) is 3.91. The normalized spacial score (nSPS) is 19.9. The third-order valence-corrected chi connectivity index (χ3v) is 2.76. The van der Waals surface area contributed by atoms with Gasteiger partial charge in [-0.2, -0.15) is 10.5 Å². The SMILES string of the molecule is CC=CC=C1CCC(=CC=CC)C1=C(C#N)C#N. The molecule has 0 unspecified atom stereocenters. The highest BCUT2D eigenvalue weighted by atomic mass is 14.3. The smallest absolute Gasteiger partial charge is 0.137 e. The Balaban J connectivity index is 3.35. The van der Waals surface area contributed by atoms with Crippen molar-refractivity contribution in [1.82, 2.24) is 0 Å². The molecule has 0 aliphatic heterocycles. The van der Waals surface area contributed by atoms with E-state index in [1.807, 2.05) is 62.4 Å². The van der Waals surface area contributed by atoms with Crippen LogP contribution in [-0.2, 0) is 0 Å². The molecular weight excluding hydrogens is 220 g/mol. The first kappa shape index (κ1) is 13.7. The van der Waals surface area contributed by atoms with Crippen LogP contribution in [0.15, 0.2) is 58.7 Å². The highest BCUT2D eigenvalue weighted by molar-refractivity contribution is 5.62. The molecule has 1 rings (SSSR count). The maximum Gasteiger partial charge on any atom is 0.137 e. The average molecular weight is 236 g/mol. The fourth-order valence-corrected chi connectivity index (χ4v) is 1.94. The van der Waals surface area contributed by atoms with E-state index in [1.165, 1.54) is 0 Å². The number of hydrogen-bond acceptors (Lipinski definition) is 2. The fourth-order valence-electron chi connectivity index (χ4n) is 1.94. The van der Waals surface area contributed by atoms with Crippen LogP contribution in [0.3, 0.4) is 0 Å². The first-order chi connectivity index (χ1) is 8.78. The summed E-state index contributed by atoms with van der Waals surface area (Å²) in [5.74, 6) is 0. The number of allylic oxidation sites excluding steroid dienone is 10. The van der Waals surface area contributed by atoms with Crippen LogP contribution in [0.4, 0.5) is 0 Å². The lowest BCUT2D eigenvalue weighted by atomic mass is 10.00. The monoisotopic (exact) mass is 236 g/mol. The zero-order valence-corrected chi connectivity index (χ0v) is 10.8. The average Bonchev–Trinajstić information content (AvgIpc) is 2.79. The summed E-state index contributed by atoms with van der Waals surface area (Å²) in [7, 11) is 0. The minimum atomic E-state index is 0.207. The van der Waals surface area contributed by atoms with Crippen LogP contribution in [0, 0.1) is 22.7 Å². The summed E-state index contributed by atoms with van der Waals surface area (Å²) >= 11 is 0. The van der Waals surface area contributed by atoms with E-state index in [1.54, 1.807) is 0 Å². The predicted molar refractivity (Wildman–Crippen MR) is 73.3 cm³/mol. The summed E-state index contributed by atoms with van der Waals surface area (Å²) in [6.45, 7) is 3.89. The van der Waals surface area contributed by atoms with Gasteiger partial charge in [-0.25, -0.2) is 0 Å². The van der Waals surface area contributed by atoms with E-state index in [4.69, 9.17) is 10.5 Å². The van der Waals surface area contributed by atoms with Crippen LogP contribution < -0.4 is 0 Å². The lowest BCUT2D eigenvalue weighted by Gasteiger charge is -2.01. The van der Waals surface area contributed by atoms with Gasteiger partial charge < -0.3 is 0 Å². The van der Waals surface area contributed by atoms with Crippen LogP contribution in [0.2, 0.25) is 0 Å². The summed E-state index contributed by atoms with van der Waals surface area (Å²) in [5.41, 5.74) is 3.17. The van der Waals surface area contributed by atoms with Crippen LogP contribution in [0.5, 0.6) is 0 Å². The van der Waals surface area contributed by atoms with Crippen molar-refractivity contribution in [2.75, 3.05) is 0 Å². The van der Waals surface area contributed by atoms with Gasteiger partial charge in [-0.05, 0) is 37.8 Å². The van der Waals surface area contributed by atoms with E-state index in [0.717, 1.165) is 29.6 Å². The largest absolute Gasteiger partial charge is 0.192 e. The van der Waals surface area contributed by atoms with Gasteiger partial charge >= 0.3 is 0 Å². The Kier molecular flexibility index (Phi) is 5.42. The van der Waals surface area contributed by atoms with Crippen LogP contribution in [0.25, 0.3) is 0 Å². The molecule has 1 aliphatic carbocycles. The maximum atomic E-state index is 9.05. The van der Waals surface area contributed by atoms with Gasteiger partial charge in [0.1, 0.15) is 17.7 Å². The molecule has 0 radical (unpaired) electrons. The first-order valence-electron chi connectivity index (χ1n) is 5.97. The minimum absolute atomic E-state index is 0.207. The summed E-state index contributed by atoms with van der Waals surface area (Å²) in [6.07, 6.45) is 13.5. The van der Waals surface area contributed by atoms with Gasteiger partial charge in [0.2, 0.25) is 0 Å². The summed E-state index contributed by atoms with van der Waals surface area (Å²) in [5, 5.41) is 18.1. The van der Waals surface area contributed by atoms with Gasteiger partial charge in [0.25, 0.3) is 0 Å². The molecule has 1 aliphatic rings. The molecule has 1 saturated carbocycles. The van der Waals surface area contributed by atoms with Gasteiger partial charge in [-0.15, -0.1) is 0 Å². The molecule has 2 heteroatoms. The molecule has 0 atom stereocenters. The third kappa shape index (κ3) is 3.09. The molecule has 18 heavy (non-hydrogen) atoms. The van der Waals surface area contributed by atoms with E-state index in [0.29, 0.717) is 0 Å². The predicted octanol–water partition coefficient (Wildman–Crippen LogP) is 4.13. The number of rotatable bonds is 2. The molecule has 0 aromatic rings. The van der Waals surface area contributed by atoms with E-state index >= 15 is 0 Å². The second-order valence-corrected chi connectivity index (χ2v) is 3.91. The molecule has 1 fully saturated rings. The van der Waals surface area contributed by atoms with Crippen molar-refractivity contribution < 1.29 is 0 Å². The Morgan fingerprint density at radius 1 is 0.944 bits per heavy atom. The summed E-state index contributed by atoms with van der Waals surface area (Å²) < 4.78 is 0. The van der Waals surface area contributed by atoms with Gasteiger partial charge in [0.15, 0.2) is 0 Å². The molecular formula is C16H16N2. The van der Waals surface area contributed by atoms with Crippen molar-refractivity contribution in [3.05, 3.63) is 58.7 Å². The van der Waals surface area contributed by atoms with Crippen LogP contribution in [0.1, 0.15) is 26.7 Å². The highest BCUT2D eigenvalue weighted by Crippen LogP contribution is 2.37. The van der Waals surface area contributed by atoms with E-state index < -0.39 is 0 Å². The van der Waals surface area contributed by atoms with Gasteiger partial charge in [-0.3, -0.25) is 0 Å². The maximum absolute atomic E-state index is 9.05. The molecule has 0 heterocycles. The van der Waals surface area contributed by atoms with Crippen molar-refractivity contribution in [1.29, 1.82) is 10.5 Å². The van der Waals surface area contributed by atoms with Crippen LogP contribution in [-0.4, -0.2) is 0 Å². The quantitative estimate of drug-likeness (QED) is 0.677. The summed E-state index contributed by atoms with van der Waals surface area (Å²) in [4.78, 5) is 0. The zero-order valence-electron chi connectivity index (χ0n) is 10.8. The van der Waals surface area contributed by atoms with Gasteiger partial charge in [0.05, 0.1) is 0 Å². The molecule has 90 valence electrons. The zero-order chi connectivity index (χ0) is 13.4. The second kappa shape index (κ2) is 7.09. The molecule has 0 aromatic heterocycles. The molecule has 0 saturated heterocycles. The first-order valence-corrected chi connectivity index (χ1v) is 5.97. The number of hydrogen-bond donors (Lipinski definition) is 0. The van der Waals surface area contributed by atoms with Gasteiger partial charge in [-0.1, -0.05) is 36.5 Å². The number of nitrogens with zero attached hydrogens (tertiary/aromatic N) is 2. The molecule has 0 N–H and O–H groups in total. The molecule has 0 bridgehead atoms. The lowest BCUT2D eigenvalue weighted by molar-refractivity contribution is 1.05. The molecule has 0 amide bonds. The minimum Gasteiger partial charge on any atom is -0.192 e. The Morgan fingerprint density at radius 3 is 1.72 bits per heavy atom. The van der Waals surface area contributed by atoms with Crippen molar-refractivity contribution in [2.24, 2.45) is 0 Å². The lowest BCUT2D eigenvalue weighted by Crippen LogP contribution is -1.88. The van der Waals surface area contributed by atoms with E-state index in [-0.39, 0.29) is 5.57 Å². The van der Waals surface area contributed by atoms with E-state index in [2.05, 4.69) is 0 Å². The topological polar surface area (TPSA) is 47.6 Å². The Labute approximate surface area is 109 Å². The Hall–Kier alpha value is -2.32. The fraction of sp³-hybridized carbons (Fsp3) is 0.250. The Morgan fingerprint density at radius 2 is 1.39 bits per heavy atom. The van der Waals surface area contributed by atoms with Crippen LogP contribution >= 0.6 is 0 Å². The third-order valence-electron chi connectivity index (χ3n) is 2.76. The van der Waals surface area contributed by atoms with Crippen molar-refractivity contribution in [3.63, 3.8) is 0 Å². The standard InChI is InChI=1S/C16H16N2/c1-3-5-7-13-9-10-14(8-6-4-2)16(13)15(11-17)12-18/h3-8H,9-10H2,1-2H3. The van der Waals surface area contributed by atoms with Crippen molar-refractivity contribution in [2.45, 2.75) is 26.7 Å². The Bertz CT molecular complexity index is 493.